The molecule has 0 radical (unpaired) electrons. The second-order valence-electron chi connectivity index (χ2n) is 9.32. The third kappa shape index (κ3) is 6.24. The third-order valence-electron chi connectivity index (χ3n) is 6.49. The summed E-state index contributed by atoms with van der Waals surface area (Å²) in [5, 5.41) is 14.3. The average molecular weight is 483 g/mol. The van der Waals surface area contributed by atoms with Gasteiger partial charge in [-0.3, -0.25) is 10.1 Å². The summed E-state index contributed by atoms with van der Waals surface area (Å²) < 4.78 is 11.7. The number of allylic oxidation sites excluding steroid dienone is 1. The highest BCUT2D eigenvalue weighted by molar-refractivity contribution is 5.93. The number of ketones is 1. The molecule has 2 aromatic carbocycles. The number of aryl methyl sites for hydroxylation is 2. The van der Waals surface area contributed by atoms with Gasteiger partial charge in [0.2, 0.25) is 0 Å². The number of methoxy groups -OCH3 is 1. The molecular weight excluding hydrogens is 440 g/mol. The Morgan fingerprint density at radius 2 is 1.86 bits per heavy atom. The molecule has 0 spiro atoms. The van der Waals surface area contributed by atoms with Crippen molar-refractivity contribution in [3.63, 3.8) is 0 Å². The van der Waals surface area contributed by atoms with Crippen molar-refractivity contribution in [1.29, 1.82) is 0 Å². The number of Topliss-reactive ketones (excluding diaryl/α,β-unsaturated/α-hetero) is 1. The van der Waals surface area contributed by atoms with Gasteiger partial charge >= 0.3 is 0 Å². The molecule has 192 valence electrons. The van der Waals surface area contributed by atoms with Crippen molar-refractivity contribution >= 4 is 5.78 Å². The zero-order valence-electron chi connectivity index (χ0n) is 22.7. The Morgan fingerprint density at radius 3 is 2.40 bits per heavy atom. The molecule has 0 saturated heterocycles. The van der Waals surface area contributed by atoms with E-state index in [0.29, 0.717) is 29.9 Å². The molecule has 2 N–H and O–H groups in total. The van der Waals surface area contributed by atoms with Crippen molar-refractivity contribution < 1.29 is 19.4 Å². The Labute approximate surface area is 210 Å². The van der Waals surface area contributed by atoms with Crippen LogP contribution in [0.15, 0.2) is 48.2 Å². The molecule has 0 aliphatic carbocycles. The fraction of sp³-hybridized carbons (Fsp3) is 0.483. The van der Waals surface area contributed by atoms with Gasteiger partial charge in [-0.25, -0.2) is 0 Å². The van der Waals surface area contributed by atoms with Crippen LogP contribution in [0.1, 0.15) is 56.4 Å². The normalized spacial score (nSPS) is 15.3. The van der Waals surface area contributed by atoms with E-state index < -0.39 is 5.54 Å². The van der Waals surface area contributed by atoms with Gasteiger partial charge in [-0.2, -0.15) is 0 Å². The monoisotopic (exact) mass is 482 g/mol. The molecule has 0 heterocycles. The summed E-state index contributed by atoms with van der Waals surface area (Å²) in [5.74, 6) is 0.602. The maximum atomic E-state index is 13.9. The highest BCUT2D eigenvalue weighted by atomic mass is 16.5. The van der Waals surface area contributed by atoms with E-state index in [-0.39, 0.29) is 23.7 Å². The van der Waals surface area contributed by atoms with Crippen LogP contribution in [0, 0.1) is 13.8 Å². The summed E-state index contributed by atoms with van der Waals surface area (Å²) in [6, 6.07) is 10.8. The summed E-state index contributed by atoms with van der Waals surface area (Å²) in [5.41, 5.74) is 3.05. The van der Waals surface area contributed by atoms with Crippen molar-refractivity contribution in [1.82, 2.24) is 10.2 Å². The Balaban J connectivity index is 2.92. The van der Waals surface area contributed by atoms with E-state index in [1.165, 1.54) is 0 Å². The van der Waals surface area contributed by atoms with E-state index in [9.17, 15) is 9.90 Å². The Hall–Kier alpha value is -2.83. The van der Waals surface area contributed by atoms with Gasteiger partial charge < -0.3 is 19.5 Å². The lowest BCUT2D eigenvalue weighted by Crippen LogP contribution is -2.56. The second kappa shape index (κ2) is 12.2. The molecule has 2 aromatic rings. The van der Waals surface area contributed by atoms with Crippen LogP contribution >= 0.6 is 0 Å². The van der Waals surface area contributed by atoms with E-state index >= 15 is 0 Å². The molecular formula is C29H42N2O4. The van der Waals surface area contributed by atoms with Crippen LogP contribution in [0.2, 0.25) is 0 Å². The van der Waals surface area contributed by atoms with Gasteiger partial charge in [-0.05, 0) is 83.4 Å². The number of nitrogens with zero attached hydrogens (tertiary/aromatic N) is 1. The first-order valence-corrected chi connectivity index (χ1v) is 12.2. The third-order valence-corrected chi connectivity index (χ3v) is 6.49. The van der Waals surface area contributed by atoms with E-state index in [1.807, 2.05) is 73.0 Å². The minimum Gasteiger partial charge on any atom is -0.508 e. The fourth-order valence-corrected chi connectivity index (χ4v) is 4.88. The minimum absolute atomic E-state index is 0.0401. The zero-order valence-corrected chi connectivity index (χ0v) is 22.7. The van der Waals surface area contributed by atoms with Gasteiger partial charge in [0, 0.05) is 32.0 Å². The summed E-state index contributed by atoms with van der Waals surface area (Å²) in [4.78, 5) is 15.9. The Morgan fingerprint density at radius 1 is 1.17 bits per heavy atom. The number of likely N-dealkylation sites (N-methyl/N-ethyl adjacent to an activating group) is 1. The lowest BCUT2D eigenvalue weighted by Gasteiger charge is -2.41. The van der Waals surface area contributed by atoms with Crippen LogP contribution in [0.5, 0.6) is 11.5 Å². The number of carbonyl (C=O) groups is 1. The summed E-state index contributed by atoms with van der Waals surface area (Å²) in [6.45, 7) is 12.2. The van der Waals surface area contributed by atoms with Gasteiger partial charge in [0.1, 0.15) is 17.0 Å². The quantitative estimate of drug-likeness (QED) is 0.439. The van der Waals surface area contributed by atoms with Crippen LogP contribution in [0.25, 0.3) is 0 Å². The number of nitrogens with one attached hydrogen (secondary N) is 1. The number of hydrogen-bond acceptors (Lipinski definition) is 6. The van der Waals surface area contributed by atoms with Crippen molar-refractivity contribution in [3.8, 4) is 11.5 Å². The molecule has 35 heavy (non-hydrogen) atoms. The number of phenols is 1. The number of phenolic OH excluding ortho intramolecular Hbond substituents is 1. The largest absolute Gasteiger partial charge is 0.508 e. The van der Waals surface area contributed by atoms with Crippen molar-refractivity contribution in [3.05, 3.63) is 70.4 Å². The maximum Gasteiger partial charge on any atom is 0.159 e. The van der Waals surface area contributed by atoms with Crippen LogP contribution in [-0.4, -0.2) is 55.7 Å². The SMILES string of the molecule is C/C=C(\C(C[C@H](C)OCC)NC(C(C)=O)(c1cc(O)ccc1C)c1cc(C)ccc1OC)N(C)C. The molecule has 0 aliphatic rings. The highest BCUT2D eigenvalue weighted by Gasteiger charge is 2.45. The lowest BCUT2D eigenvalue weighted by molar-refractivity contribution is -0.122. The first-order chi connectivity index (χ1) is 16.5. The molecule has 6 nitrogen and oxygen atoms in total. The molecule has 0 fully saturated rings. The molecule has 0 bridgehead atoms. The van der Waals surface area contributed by atoms with Gasteiger partial charge in [-0.1, -0.05) is 23.8 Å². The number of ether oxygens (including phenoxy) is 2. The van der Waals surface area contributed by atoms with E-state index in [1.54, 1.807) is 26.2 Å². The number of aromatic hydroxyl groups is 1. The molecule has 2 unspecified atom stereocenters. The van der Waals surface area contributed by atoms with Crippen molar-refractivity contribution in [2.75, 3.05) is 27.8 Å². The number of rotatable bonds is 12. The van der Waals surface area contributed by atoms with Crippen LogP contribution in [0.3, 0.4) is 0 Å². The standard InChI is InChI=1S/C29H42N2O4/c1-10-27(31(7)8)26(17-21(5)35-11-2)30-29(22(6)32,24-18-23(33)14-13-20(24)4)25-16-19(3)12-15-28(25)34-9/h10,12-16,18,21,26,30,33H,11,17H2,1-9H3/b27-10+/t21-,26?,29?/m0/s1. The average Bonchev–Trinajstić information content (AvgIpc) is 2.79. The van der Waals surface area contributed by atoms with Crippen LogP contribution in [-0.2, 0) is 15.1 Å². The van der Waals surface area contributed by atoms with Gasteiger partial charge in [0.05, 0.1) is 19.3 Å². The summed E-state index contributed by atoms with van der Waals surface area (Å²) in [7, 11) is 5.61. The molecule has 0 amide bonds. The molecule has 0 aliphatic heterocycles. The van der Waals surface area contributed by atoms with E-state index in [4.69, 9.17) is 9.47 Å². The number of benzene rings is 2. The predicted octanol–water partition coefficient (Wildman–Crippen LogP) is 5.09. The minimum atomic E-state index is -1.28. The Bertz CT molecular complexity index is 1050. The first-order valence-electron chi connectivity index (χ1n) is 12.2. The van der Waals surface area contributed by atoms with Crippen molar-refractivity contribution in [2.24, 2.45) is 0 Å². The molecule has 3 atom stereocenters. The lowest BCUT2D eigenvalue weighted by atomic mass is 9.75. The number of carbonyl (C=O) groups excluding carboxylic acids is 1. The second-order valence-corrected chi connectivity index (χ2v) is 9.32. The maximum absolute atomic E-state index is 13.9. The van der Waals surface area contributed by atoms with Crippen molar-refractivity contribution in [2.45, 2.75) is 65.6 Å². The molecule has 2 rings (SSSR count). The molecule has 6 heteroatoms. The summed E-state index contributed by atoms with van der Waals surface area (Å²) >= 11 is 0. The Kier molecular flexibility index (Phi) is 9.92. The van der Waals surface area contributed by atoms with Gasteiger partial charge in [0.15, 0.2) is 5.78 Å². The fourth-order valence-electron chi connectivity index (χ4n) is 4.88. The van der Waals surface area contributed by atoms with Gasteiger partial charge in [0.25, 0.3) is 0 Å². The molecule has 0 aromatic heterocycles. The van der Waals surface area contributed by atoms with E-state index in [0.717, 1.165) is 16.8 Å². The topological polar surface area (TPSA) is 71.0 Å². The van der Waals surface area contributed by atoms with Gasteiger partial charge in [-0.15, -0.1) is 0 Å². The van der Waals surface area contributed by atoms with E-state index in [2.05, 4.69) is 16.3 Å². The molecule has 0 saturated carbocycles. The van der Waals surface area contributed by atoms with Crippen LogP contribution in [0.4, 0.5) is 0 Å². The first kappa shape index (κ1) is 28.4. The van der Waals surface area contributed by atoms with Crippen LogP contribution < -0.4 is 10.1 Å². The smallest absolute Gasteiger partial charge is 0.159 e. The predicted molar refractivity (Wildman–Crippen MR) is 142 cm³/mol. The zero-order chi connectivity index (χ0) is 26.3. The highest BCUT2D eigenvalue weighted by Crippen LogP contribution is 2.41. The summed E-state index contributed by atoms with van der Waals surface area (Å²) in [6.07, 6.45) is 2.67. The number of hydrogen-bond donors (Lipinski definition) is 2.